The molecule has 3 heterocycles. The lowest BCUT2D eigenvalue weighted by atomic mass is 10.2. The van der Waals surface area contributed by atoms with E-state index < -0.39 is 10.0 Å². The molecule has 0 unspecified atom stereocenters. The summed E-state index contributed by atoms with van der Waals surface area (Å²) >= 11 is 6.44. The minimum Gasteiger partial charge on any atom is -0.494 e. The Bertz CT molecular complexity index is 1470. The standard InChI is InChI=1S/C25H29ClN6O6S/c1-31(39(3,33)34)22-19(6-7-20-23(22)38-13-12-37-20)28-24-17(26)15-27-25(30-24)29-18-5-4-16(14-21(18)35-2)32-8-10-36-11-9-32/h4-7,14-15H,8-13H2,1-3H3,(H2,27,28,29,30). The summed E-state index contributed by atoms with van der Waals surface area (Å²) in [6, 6.07) is 9.22. The number of aromatic nitrogens is 2. The monoisotopic (exact) mass is 576 g/mol. The van der Waals surface area contributed by atoms with Gasteiger partial charge >= 0.3 is 0 Å². The van der Waals surface area contributed by atoms with Crippen molar-refractivity contribution in [1.82, 2.24) is 9.97 Å². The van der Waals surface area contributed by atoms with Gasteiger partial charge in [0.2, 0.25) is 16.0 Å². The van der Waals surface area contributed by atoms with Crippen LogP contribution in [-0.4, -0.2) is 78.3 Å². The van der Waals surface area contributed by atoms with E-state index in [0.717, 1.165) is 29.3 Å². The Morgan fingerprint density at radius 1 is 1.05 bits per heavy atom. The van der Waals surface area contributed by atoms with Gasteiger partial charge in [0.15, 0.2) is 17.3 Å². The number of hydrogen-bond donors (Lipinski definition) is 2. The molecule has 1 saturated heterocycles. The molecule has 12 nitrogen and oxygen atoms in total. The average Bonchev–Trinajstić information content (AvgIpc) is 2.94. The zero-order valence-corrected chi connectivity index (χ0v) is 23.3. The number of hydrogen-bond acceptors (Lipinski definition) is 11. The van der Waals surface area contributed by atoms with Crippen LogP contribution in [0.1, 0.15) is 0 Å². The van der Waals surface area contributed by atoms with Gasteiger partial charge in [-0.05, 0) is 24.3 Å². The third kappa shape index (κ3) is 5.84. The molecule has 2 aromatic carbocycles. The summed E-state index contributed by atoms with van der Waals surface area (Å²) in [4.78, 5) is 11.1. The van der Waals surface area contributed by atoms with Crippen LogP contribution in [0.2, 0.25) is 5.02 Å². The average molecular weight is 577 g/mol. The van der Waals surface area contributed by atoms with Crippen LogP contribution in [0.15, 0.2) is 36.5 Å². The molecule has 14 heteroatoms. The lowest BCUT2D eigenvalue weighted by molar-refractivity contribution is 0.122. The molecule has 2 aliphatic rings. The normalized spacial score (nSPS) is 15.0. The minimum absolute atomic E-state index is 0.234. The number of rotatable bonds is 8. The molecule has 2 N–H and O–H groups in total. The maximum atomic E-state index is 12.5. The fourth-order valence-electron chi connectivity index (χ4n) is 4.24. The van der Waals surface area contributed by atoms with E-state index in [9.17, 15) is 8.42 Å². The molecule has 3 aromatic rings. The van der Waals surface area contributed by atoms with Crippen LogP contribution < -0.4 is 34.0 Å². The first-order valence-corrected chi connectivity index (χ1v) is 14.4. The highest BCUT2D eigenvalue weighted by Crippen LogP contribution is 2.46. The van der Waals surface area contributed by atoms with Crippen molar-refractivity contribution in [2.24, 2.45) is 0 Å². The maximum Gasteiger partial charge on any atom is 0.232 e. The van der Waals surface area contributed by atoms with E-state index in [4.69, 9.17) is 30.5 Å². The maximum absolute atomic E-state index is 12.5. The fourth-order valence-corrected chi connectivity index (χ4v) is 4.90. The summed E-state index contributed by atoms with van der Waals surface area (Å²) in [5.74, 6) is 1.90. The molecule has 2 aliphatic heterocycles. The van der Waals surface area contributed by atoms with Gasteiger partial charge in [-0.2, -0.15) is 4.98 Å². The van der Waals surface area contributed by atoms with Gasteiger partial charge in [-0.25, -0.2) is 13.4 Å². The molecule has 5 rings (SSSR count). The minimum atomic E-state index is -3.63. The van der Waals surface area contributed by atoms with Gasteiger partial charge in [-0.1, -0.05) is 11.6 Å². The Morgan fingerprint density at radius 3 is 2.54 bits per heavy atom. The van der Waals surface area contributed by atoms with Crippen molar-refractivity contribution in [2.45, 2.75) is 0 Å². The van der Waals surface area contributed by atoms with Crippen molar-refractivity contribution < 1.29 is 27.4 Å². The topological polar surface area (TPSA) is 127 Å². The second-order valence-corrected chi connectivity index (χ2v) is 11.3. The van der Waals surface area contributed by atoms with Crippen LogP contribution >= 0.6 is 11.6 Å². The first-order valence-electron chi connectivity index (χ1n) is 12.2. The molecule has 0 saturated carbocycles. The molecule has 0 radical (unpaired) electrons. The van der Waals surface area contributed by atoms with Gasteiger partial charge in [-0.3, -0.25) is 4.31 Å². The molecule has 0 amide bonds. The zero-order chi connectivity index (χ0) is 27.6. The fraction of sp³-hybridized carbons (Fsp3) is 0.360. The molecule has 39 heavy (non-hydrogen) atoms. The molecular formula is C25H29ClN6O6S. The van der Waals surface area contributed by atoms with Crippen LogP contribution in [0, 0.1) is 0 Å². The number of halogens is 1. The molecule has 0 spiro atoms. The van der Waals surface area contributed by atoms with Crippen molar-refractivity contribution in [3.05, 3.63) is 41.6 Å². The second kappa shape index (κ2) is 11.2. The van der Waals surface area contributed by atoms with Crippen molar-refractivity contribution >= 4 is 56.1 Å². The molecule has 0 atom stereocenters. The van der Waals surface area contributed by atoms with Gasteiger partial charge in [0, 0.05) is 31.9 Å². The third-order valence-corrected chi connectivity index (χ3v) is 7.75. The Hall–Kier alpha value is -3.68. The van der Waals surface area contributed by atoms with E-state index in [1.165, 1.54) is 13.2 Å². The SMILES string of the molecule is COc1cc(N2CCOCC2)ccc1Nc1ncc(Cl)c(Nc2ccc3c(c2N(C)S(C)(=O)=O)OCCO3)n1. The van der Waals surface area contributed by atoms with E-state index in [1.807, 2.05) is 18.2 Å². The number of methoxy groups -OCH3 is 1. The second-order valence-electron chi connectivity index (χ2n) is 8.84. The van der Waals surface area contributed by atoms with Crippen LogP contribution in [0.25, 0.3) is 0 Å². The highest BCUT2D eigenvalue weighted by molar-refractivity contribution is 7.92. The Kier molecular flexibility index (Phi) is 7.73. The van der Waals surface area contributed by atoms with Gasteiger partial charge in [-0.15, -0.1) is 0 Å². The summed E-state index contributed by atoms with van der Waals surface area (Å²) in [6.45, 7) is 3.63. The highest BCUT2D eigenvalue weighted by Gasteiger charge is 2.27. The molecule has 1 fully saturated rings. The van der Waals surface area contributed by atoms with Crippen molar-refractivity contribution in [3.8, 4) is 17.2 Å². The number of morpholine rings is 1. The number of sulfonamides is 1. The molecule has 1 aromatic heterocycles. The van der Waals surface area contributed by atoms with E-state index in [0.29, 0.717) is 48.4 Å². The molecular weight excluding hydrogens is 548 g/mol. The summed E-state index contributed by atoms with van der Waals surface area (Å²) < 4.78 is 48.5. The smallest absolute Gasteiger partial charge is 0.232 e. The van der Waals surface area contributed by atoms with Crippen LogP contribution in [0.4, 0.5) is 34.5 Å². The Morgan fingerprint density at radius 2 is 1.79 bits per heavy atom. The number of benzene rings is 2. The van der Waals surface area contributed by atoms with Gasteiger partial charge in [0.1, 0.15) is 29.7 Å². The summed E-state index contributed by atoms with van der Waals surface area (Å²) in [5.41, 5.74) is 2.38. The number of nitrogens with one attached hydrogen (secondary N) is 2. The van der Waals surface area contributed by atoms with Crippen molar-refractivity contribution in [1.29, 1.82) is 0 Å². The molecule has 0 bridgehead atoms. The van der Waals surface area contributed by atoms with Gasteiger partial charge < -0.3 is 34.5 Å². The van der Waals surface area contributed by atoms with Crippen LogP contribution in [-0.2, 0) is 14.8 Å². The molecule has 0 aliphatic carbocycles. The number of anilines is 6. The largest absolute Gasteiger partial charge is 0.494 e. The third-order valence-electron chi connectivity index (χ3n) is 6.30. The summed E-state index contributed by atoms with van der Waals surface area (Å²) in [5, 5.41) is 6.55. The first kappa shape index (κ1) is 26.9. The lowest BCUT2D eigenvalue weighted by Crippen LogP contribution is -2.36. The van der Waals surface area contributed by atoms with Gasteiger partial charge in [0.05, 0.1) is 44.2 Å². The predicted octanol–water partition coefficient (Wildman–Crippen LogP) is 3.63. The van der Waals surface area contributed by atoms with E-state index in [2.05, 4.69) is 25.5 Å². The number of fused-ring (bicyclic) bond motifs is 1. The quantitative estimate of drug-likeness (QED) is 0.408. The van der Waals surface area contributed by atoms with Crippen molar-refractivity contribution in [3.63, 3.8) is 0 Å². The number of nitrogens with zero attached hydrogens (tertiary/aromatic N) is 4. The molecule has 208 valence electrons. The lowest BCUT2D eigenvalue weighted by Gasteiger charge is -2.29. The predicted molar refractivity (Wildman–Crippen MR) is 150 cm³/mol. The zero-order valence-electron chi connectivity index (χ0n) is 21.7. The Labute approximate surface area is 231 Å². The van der Waals surface area contributed by atoms with Gasteiger partial charge in [0.25, 0.3) is 0 Å². The van der Waals surface area contributed by atoms with Crippen LogP contribution in [0.5, 0.6) is 17.2 Å². The summed E-state index contributed by atoms with van der Waals surface area (Å²) in [6.07, 6.45) is 2.56. The van der Waals surface area contributed by atoms with Crippen molar-refractivity contribution in [2.75, 3.05) is 79.8 Å². The van der Waals surface area contributed by atoms with E-state index in [-0.39, 0.29) is 29.1 Å². The van der Waals surface area contributed by atoms with E-state index in [1.54, 1.807) is 19.2 Å². The van der Waals surface area contributed by atoms with E-state index >= 15 is 0 Å². The van der Waals surface area contributed by atoms with Crippen LogP contribution in [0.3, 0.4) is 0 Å². The number of ether oxygens (including phenoxy) is 4. The first-order chi connectivity index (χ1) is 18.7. The highest BCUT2D eigenvalue weighted by atomic mass is 35.5. The summed E-state index contributed by atoms with van der Waals surface area (Å²) in [7, 11) is -0.589. The Balaban J connectivity index is 1.44.